The highest BCUT2D eigenvalue weighted by atomic mass is 14.7. The summed E-state index contributed by atoms with van der Waals surface area (Å²) in [6, 6.07) is 0. The van der Waals surface area contributed by atoms with Gasteiger partial charge in [0.15, 0.2) is 0 Å². The molecule has 78 valence electrons. The molecule has 0 heterocycles. The molecular weight excluding hydrogens is 170 g/mol. The summed E-state index contributed by atoms with van der Waals surface area (Å²) < 4.78 is 0. The van der Waals surface area contributed by atoms with Crippen LogP contribution in [-0.4, -0.2) is 6.72 Å². The summed E-state index contributed by atoms with van der Waals surface area (Å²) in [5.74, 6) is 2.02. The van der Waals surface area contributed by atoms with Crippen molar-refractivity contribution < 1.29 is 0 Å². The fourth-order valence-electron chi connectivity index (χ4n) is 2.56. The summed E-state index contributed by atoms with van der Waals surface area (Å²) in [7, 11) is 0. The lowest BCUT2D eigenvalue weighted by atomic mass is 9.74. The van der Waals surface area contributed by atoms with Crippen LogP contribution in [-0.2, 0) is 0 Å². The van der Waals surface area contributed by atoms with E-state index in [4.69, 9.17) is 0 Å². The molecule has 0 radical (unpaired) electrons. The van der Waals surface area contributed by atoms with Crippen LogP contribution in [0.4, 0.5) is 0 Å². The molecule has 0 spiro atoms. The molecule has 1 rings (SSSR count). The van der Waals surface area contributed by atoms with Crippen LogP contribution in [0.1, 0.15) is 33.6 Å². The Labute approximate surface area is 87.6 Å². The minimum absolute atomic E-state index is 0.536. The largest absolute Gasteiger partial charge is 0.269 e. The van der Waals surface area contributed by atoms with Gasteiger partial charge in [0, 0.05) is 11.6 Å². The maximum absolute atomic E-state index is 4.17. The highest BCUT2D eigenvalue weighted by molar-refractivity contribution is 5.36. The van der Waals surface area contributed by atoms with Crippen molar-refractivity contribution >= 4 is 6.72 Å². The Morgan fingerprint density at radius 3 is 2.57 bits per heavy atom. The van der Waals surface area contributed by atoms with E-state index in [-0.39, 0.29) is 0 Å². The average molecular weight is 191 g/mol. The fourth-order valence-corrected chi connectivity index (χ4v) is 2.56. The molecule has 0 saturated carbocycles. The van der Waals surface area contributed by atoms with E-state index in [1.807, 2.05) is 6.08 Å². The molecule has 2 atom stereocenters. The first-order valence-corrected chi connectivity index (χ1v) is 5.44. The van der Waals surface area contributed by atoms with Gasteiger partial charge in [0.1, 0.15) is 0 Å². The molecule has 0 N–H and O–H groups in total. The molecule has 1 heteroatoms. The standard InChI is InChI=1S/C13H21N/c1-6-11-7-8-12(9(2)3)10(4)13(11)14-5/h6,9-10,12H,1,5,7-8H2,2-4H3. The van der Waals surface area contributed by atoms with Crippen LogP contribution in [0.25, 0.3) is 0 Å². The monoisotopic (exact) mass is 191 g/mol. The molecule has 0 aromatic carbocycles. The zero-order valence-corrected chi connectivity index (χ0v) is 9.59. The van der Waals surface area contributed by atoms with Crippen molar-refractivity contribution in [2.45, 2.75) is 33.6 Å². The van der Waals surface area contributed by atoms with Gasteiger partial charge in [-0.05, 0) is 37.0 Å². The molecule has 0 amide bonds. The summed E-state index contributed by atoms with van der Waals surface area (Å²) in [5.41, 5.74) is 2.47. The molecule has 0 aromatic heterocycles. The maximum atomic E-state index is 4.17. The topological polar surface area (TPSA) is 12.4 Å². The second kappa shape index (κ2) is 4.59. The highest BCUT2D eigenvalue weighted by Gasteiger charge is 2.28. The molecule has 0 bridgehead atoms. The molecule has 1 nitrogen and oxygen atoms in total. The van der Waals surface area contributed by atoms with Gasteiger partial charge in [-0.1, -0.05) is 33.4 Å². The summed E-state index contributed by atoms with van der Waals surface area (Å²) in [6.07, 6.45) is 4.32. The van der Waals surface area contributed by atoms with Gasteiger partial charge in [0.2, 0.25) is 0 Å². The third kappa shape index (κ3) is 1.97. The number of rotatable bonds is 3. The number of aliphatic imine (C=N–C) groups is 1. The lowest BCUT2D eigenvalue weighted by molar-refractivity contribution is 0.266. The first kappa shape index (κ1) is 11.2. The highest BCUT2D eigenvalue weighted by Crippen LogP contribution is 2.39. The molecule has 1 aliphatic carbocycles. The predicted molar refractivity (Wildman–Crippen MR) is 63.5 cm³/mol. The van der Waals surface area contributed by atoms with Crippen molar-refractivity contribution in [3.05, 3.63) is 23.9 Å². The molecule has 0 saturated heterocycles. The summed E-state index contributed by atoms with van der Waals surface area (Å²) >= 11 is 0. The molecule has 1 aliphatic rings. The third-order valence-electron chi connectivity index (χ3n) is 3.42. The van der Waals surface area contributed by atoms with E-state index in [9.17, 15) is 0 Å². The van der Waals surface area contributed by atoms with Crippen molar-refractivity contribution in [3.63, 3.8) is 0 Å². The van der Waals surface area contributed by atoms with E-state index in [1.165, 1.54) is 17.7 Å². The molecule has 0 aliphatic heterocycles. The Kier molecular flexibility index (Phi) is 3.68. The van der Waals surface area contributed by atoms with Crippen molar-refractivity contribution in [1.82, 2.24) is 0 Å². The van der Waals surface area contributed by atoms with Crippen molar-refractivity contribution in [2.75, 3.05) is 0 Å². The van der Waals surface area contributed by atoms with Crippen LogP contribution in [0.3, 0.4) is 0 Å². The first-order chi connectivity index (χ1) is 6.61. The van der Waals surface area contributed by atoms with Gasteiger partial charge in [0.05, 0.1) is 0 Å². The van der Waals surface area contributed by atoms with Gasteiger partial charge in [0.25, 0.3) is 0 Å². The van der Waals surface area contributed by atoms with Gasteiger partial charge in [-0.25, -0.2) is 0 Å². The fraction of sp³-hybridized carbons (Fsp3) is 0.615. The van der Waals surface area contributed by atoms with Gasteiger partial charge in [-0.15, -0.1) is 0 Å². The average Bonchev–Trinajstić information content (AvgIpc) is 2.16. The normalized spacial score (nSPS) is 28.0. The number of hydrogen-bond donors (Lipinski definition) is 0. The molecule has 0 aromatic rings. The maximum Gasteiger partial charge on any atom is 0.0459 e. The van der Waals surface area contributed by atoms with Gasteiger partial charge < -0.3 is 0 Å². The van der Waals surface area contributed by atoms with E-state index < -0.39 is 0 Å². The minimum Gasteiger partial charge on any atom is -0.269 e. The van der Waals surface area contributed by atoms with Crippen LogP contribution in [0.2, 0.25) is 0 Å². The van der Waals surface area contributed by atoms with Crippen LogP contribution < -0.4 is 0 Å². The van der Waals surface area contributed by atoms with Crippen LogP contribution in [0.5, 0.6) is 0 Å². The predicted octanol–water partition coefficient (Wildman–Crippen LogP) is 3.83. The summed E-state index contributed by atoms with van der Waals surface area (Å²) in [4.78, 5) is 4.17. The minimum atomic E-state index is 0.536. The van der Waals surface area contributed by atoms with Crippen LogP contribution in [0, 0.1) is 17.8 Å². The lowest BCUT2D eigenvalue weighted by Gasteiger charge is -2.33. The van der Waals surface area contributed by atoms with E-state index in [2.05, 4.69) is 39.1 Å². The van der Waals surface area contributed by atoms with E-state index >= 15 is 0 Å². The van der Waals surface area contributed by atoms with Gasteiger partial charge >= 0.3 is 0 Å². The third-order valence-corrected chi connectivity index (χ3v) is 3.42. The SMILES string of the molecule is C=CC1=C(N=C)C(C)C(C(C)C)CC1. The van der Waals surface area contributed by atoms with E-state index in [0.29, 0.717) is 5.92 Å². The Bertz CT molecular complexity index is 260. The Hall–Kier alpha value is -0.850. The van der Waals surface area contributed by atoms with Crippen LogP contribution in [0.15, 0.2) is 28.9 Å². The summed E-state index contributed by atoms with van der Waals surface area (Å²) in [5, 5.41) is 0. The molecular formula is C13H21N. The van der Waals surface area contributed by atoms with Gasteiger partial charge in [-0.3, -0.25) is 4.99 Å². The van der Waals surface area contributed by atoms with E-state index in [1.54, 1.807) is 0 Å². The smallest absolute Gasteiger partial charge is 0.0459 e. The van der Waals surface area contributed by atoms with Gasteiger partial charge in [-0.2, -0.15) is 0 Å². The Morgan fingerprint density at radius 1 is 1.50 bits per heavy atom. The second-order valence-electron chi connectivity index (χ2n) is 4.51. The molecule has 0 fully saturated rings. The Morgan fingerprint density at radius 2 is 2.14 bits per heavy atom. The second-order valence-corrected chi connectivity index (χ2v) is 4.51. The number of nitrogens with zero attached hydrogens (tertiary/aromatic N) is 1. The zero-order valence-electron chi connectivity index (χ0n) is 9.59. The molecule has 2 unspecified atom stereocenters. The Balaban J connectivity index is 2.96. The van der Waals surface area contributed by atoms with Crippen molar-refractivity contribution in [3.8, 4) is 0 Å². The van der Waals surface area contributed by atoms with Crippen molar-refractivity contribution in [1.29, 1.82) is 0 Å². The lowest BCUT2D eigenvalue weighted by Crippen LogP contribution is -2.23. The number of hydrogen-bond acceptors (Lipinski definition) is 1. The van der Waals surface area contributed by atoms with Crippen LogP contribution >= 0.6 is 0 Å². The molecule has 14 heavy (non-hydrogen) atoms. The first-order valence-electron chi connectivity index (χ1n) is 5.44. The van der Waals surface area contributed by atoms with E-state index in [0.717, 1.165) is 18.3 Å². The summed E-state index contributed by atoms with van der Waals surface area (Å²) in [6.45, 7) is 14.4. The van der Waals surface area contributed by atoms with Crippen molar-refractivity contribution in [2.24, 2.45) is 22.7 Å². The zero-order chi connectivity index (χ0) is 10.7. The number of allylic oxidation sites excluding steroid dienone is 3. The quantitative estimate of drug-likeness (QED) is 0.601.